The highest BCUT2D eigenvalue weighted by molar-refractivity contribution is 6.05. The van der Waals surface area contributed by atoms with Crippen LogP contribution in [0.25, 0.3) is 33.1 Å². The lowest BCUT2D eigenvalue weighted by Crippen LogP contribution is -2.41. The van der Waals surface area contributed by atoms with Crippen LogP contribution in [-0.4, -0.2) is 35.6 Å². The van der Waals surface area contributed by atoms with Crippen molar-refractivity contribution in [1.82, 2.24) is 10.6 Å². The number of carboxylic acids is 1. The number of amides is 3. The molecule has 0 fully saturated rings. The number of carbonyl (C=O) groups is 3. The van der Waals surface area contributed by atoms with Crippen LogP contribution in [0.15, 0.2) is 50.0 Å². The minimum Gasteiger partial charge on any atom is -0.480 e. The van der Waals surface area contributed by atoms with Crippen LogP contribution in [0.2, 0.25) is 0 Å². The Labute approximate surface area is 224 Å². The van der Waals surface area contributed by atoms with Gasteiger partial charge in [0, 0.05) is 40.4 Å². The number of urea groups is 1. The monoisotopic (exact) mass is 533 g/mol. The summed E-state index contributed by atoms with van der Waals surface area (Å²) in [6.07, 6.45) is 0.418. The molecule has 3 amide bonds. The van der Waals surface area contributed by atoms with Crippen LogP contribution in [0.4, 0.5) is 4.79 Å². The van der Waals surface area contributed by atoms with Crippen LogP contribution in [-0.2, 0) is 16.0 Å². The van der Waals surface area contributed by atoms with Gasteiger partial charge in [0.15, 0.2) is 0 Å². The number of carboxylic acid groups (broad SMARTS) is 1. The molecule has 204 valence electrons. The number of aliphatic carboxylic acids is 1. The Hall–Kier alpha value is -4.60. The minimum atomic E-state index is -1.19. The van der Waals surface area contributed by atoms with Crippen molar-refractivity contribution in [2.45, 2.75) is 52.5 Å². The maximum absolute atomic E-state index is 12.9. The highest BCUT2D eigenvalue weighted by Gasteiger charge is 2.23. The smallest absolute Gasteiger partial charge is 0.339 e. The van der Waals surface area contributed by atoms with Gasteiger partial charge in [0.25, 0.3) is 0 Å². The summed E-state index contributed by atoms with van der Waals surface area (Å²) in [5, 5.41) is 16.0. The molecule has 2 aromatic carbocycles. The number of benzene rings is 2. The van der Waals surface area contributed by atoms with E-state index in [4.69, 9.17) is 14.6 Å². The third kappa shape index (κ3) is 5.79. The molecule has 0 saturated carbocycles. The quantitative estimate of drug-likeness (QED) is 0.176. The van der Waals surface area contributed by atoms with Crippen LogP contribution in [0.1, 0.15) is 41.7 Å². The molecule has 0 aliphatic heterocycles. The molecule has 0 aliphatic rings. The zero-order chi connectivity index (χ0) is 28.3. The molecule has 0 unspecified atom stereocenters. The summed E-state index contributed by atoms with van der Waals surface area (Å²) in [6.45, 7) is 5.76. The Morgan fingerprint density at radius 1 is 1.00 bits per heavy atom. The normalized spacial score (nSPS) is 12.0. The highest BCUT2D eigenvalue weighted by atomic mass is 16.4. The largest absolute Gasteiger partial charge is 0.480 e. The summed E-state index contributed by atoms with van der Waals surface area (Å²) >= 11 is 0. The second-order valence-corrected chi connectivity index (χ2v) is 9.54. The van der Waals surface area contributed by atoms with Crippen molar-refractivity contribution in [2.75, 3.05) is 6.54 Å². The zero-order valence-corrected chi connectivity index (χ0v) is 22.1. The van der Waals surface area contributed by atoms with Crippen molar-refractivity contribution in [2.24, 2.45) is 5.73 Å². The van der Waals surface area contributed by atoms with Gasteiger partial charge in [0.05, 0.1) is 0 Å². The summed E-state index contributed by atoms with van der Waals surface area (Å²) in [5.74, 6) is -0.939. The number of hydrogen-bond donors (Lipinski definition) is 4. The number of furan rings is 1. The van der Waals surface area contributed by atoms with Gasteiger partial charge in [-0.1, -0.05) is 30.3 Å². The average molecular weight is 534 g/mol. The van der Waals surface area contributed by atoms with Gasteiger partial charge >= 0.3 is 17.6 Å². The molecule has 4 aromatic rings. The van der Waals surface area contributed by atoms with E-state index in [1.54, 1.807) is 0 Å². The maximum Gasteiger partial charge on any atom is 0.339 e. The Bertz CT molecular complexity index is 1620. The van der Waals surface area contributed by atoms with E-state index >= 15 is 0 Å². The van der Waals surface area contributed by atoms with Gasteiger partial charge in [-0.25, -0.2) is 14.4 Å². The summed E-state index contributed by atoms with van der Waals surface area (Å²) in [5.41, 5.74) is 9.29. The highest BCUT2D eigenvalue weighted by Crippen LogP contribution is 2.39. The van der Waals surface area contributed by atoms with Crippen LogP contribution in [0, 0.1) is 20.8 Å². The number of nitrogens with one attached hydrogen (secondary N) is 2. The van der Waals surface area contributed by atoms with Gasteiger partial charge in [-0.2, -0.15) is 0 Å². The topological polar surface area (TPSA) is 165 Å². The summed E-state index contributed by atoms with van der Waals surface area (Å²) in [7, 11) is 0. The molecule has 0 radical (unpaired) electrons. The van der Waals surface area contributed by atoms with Gasteiger partial charge in [-0.15, -0.1) is 0 Å². The first-order valence-electron chi connectivity index (χ1n) is 12.7. The van der Waals surface area contributed by atoms with Crippen molar-refractivity contribution < 1.29 is 28.3 Å². The Balaban J connectivity index is 1.60. The molecule has 0 spiro atoms. The first kappa shape index (κ1) is 27.4. The second-order valence-electron chi connectivity index (χ2n) is 9.54. The number of fused-ring (bicyclic) bond motifs is 2. The second kappa shape index (κ2) is 11.4. The molecule has 39 heavy (non-hydrogen) atoms. The third-order valence-corrected chi connectivity index (χ3v) is 6.90. The fourth-order valence-corrected chi connectivity index (χ4v) is 4.91. The maximum atomic E-state index is 12.9. The number of hydrogen-bond acceptors (Lipinski definition) is 6. The molecule has 1 atom stereocenters. The molecular formula is C29H31N3O7. The Kier molecular flexibility index (Phi) is 8.04. The fraction of sp³-hybridized carbons (Fsp3) is 0.310. The van der Waals surface area contributed by atoms with E-state index in [0.29, 0.717) is 34.3 Å². The summed E-state index contributed by atoms with van der Waals surface area (Å²) < 4.78 is 11.8. The molecular weight excluding hydrogens is 502 g/mol. The number of primary amides is 1. The predicted octanol–water partition coefficient (Wildman–Crippen LogP) is 4.08. The fourth-order valence-electron chi connectivity index (χ4n) is 4.91. The standard InChI is InChI=1S/C29H31N3O7/c1-15-19(11-12-23(33)32-22(27(34)35)10-7-13-31-29(30)37)28(36)39-25-16(2)26-21(14-20(15)25)24(17(3)38-26)18-8-5-4-6-9-18/h4-6,8-9,14,22H,7,10-13H2,1-3H3,(H,32,33)(H,34,35)(H3,30,31,37)/t22-/m1/s1. The van der Waals surface area contributed by atoms with E-state index in [9.17, 15) is 24.3 Å². The molecule has 2 aromatic heterocycles. The Morgan fingerprint density at radius 2 is 1.69 bits per heavy atom. The van der Waals surface area contributed by atoms with Gasteiger partial charge in [0.2, 0.25) is 5.91 Å². The van der Waals surface area contributed by atoms with Crippen LogP contribution >= 0.6 is 0 Å². The van der Waals surface area contributed by atoms with E-state index in [1.807, 2.05) is 57.2 Å². The van der Waals surface area contributed by atoms with Crippen molar-refractivity contribution in [1.29, 1.82) is 0 Å². The molecule has 0 saturated heterocycles. The minimum absolute atomic E-state index is 0.0819. The zero-order valence-electron chi connectivity index (χ0n) is 22.1. The van der Waals surface area contributed by atoms with Gasteiger partial charge in [0.1, 0.15) is 23.0 Å². The number of aryl methyl sites for hydroxylation is 3. The molecule has 0 aliphatic carbocycles. The van der Waals surface area contributed by atoms with Gasteiger partial charge < -0.3 is 30.3 Å². The number of carbonyl (C=O) groups excluding carboxylic acids is 2. The van der Waals surface area contributed by atoms with Crippen molar-refractivity contribution >= 4 is 39.8 Å². The van der Waals surface area contributed by atoms with Crippen LogP contribution in [0.5, 0.6) is 0 Å². The first-order chi connectivity index (χ1) is 18.6. The number of rotatable bonds is 10. The lowest BCUT2D eigenvalue weighted by atomic mass is 9.96. The molecule has 2 heterocycles. The van der Waals surface area contributed by atoms with Crippen molar-refractivity contribution in [3.63, 3.8) is 0 Å². The van der Waals surface area contributed by atoms with Gasteiger partial charge in [-0.3, -0.25) is 4.79 Å². The molecule has 0 bridgehead atoms. The summed E-state index contributed by atoms with van der Waals surface area (Å²) in [6, 6.07) is 10.0. The third-order valence-electron chi connectivity index (χ3n) is 6.90. The van der Waals surface area contributed by atoms with Crippen LogP contribution in [0.3, 0.4) is 0 Å². The van der Waals surface area contributed by atoms with E-state index < -0.39 is 29.6 Å². The lowest BCUT2D eigenvalue weighted by molar-refractivity contribution is -0.142. The van der Waals surface area contributed by atoms with E-state index in [-0.39, 0.29) is 25.8 Å². The lowest BCUT2D eigenvalue weighted by Gasteiger charge is -2.15. The van der Waals surface area contributed by atoms with E-state index in [1.165, 1.54) is 0 Å². The first-order valence-corrected chi connectivity index (χ1v) is 12.7. The van der Waals surface area contributed by atoms with Crippen LogP contribution < -0.4 is 22.0 Å². The molecule has 10 heteroatoms. The average Bonchev–Trinajstić information content (AvgIpc) is 3.23. The summed E-state index contributed by atoms with van der Waals surface area (Å²) in [4.78, 5) is 47.9. The van der Waals surface area contributed by atoms with E-state index in [2.05, 4.69) is 10.6 Å². The molecule has 5 N–H and O–H groups in total. The Morgan fingerprint density at radius 3 is 2.36 bits per heavy atom. The number of nitrogens with two attached hydrogens (primary N) is 1. The molecule has 4 rings (SSSR count). The molecule has 10 nitrogen and oxygen atoms in total. The SMILES string of the molecule is Cc1oc2c(C)c3oc(=O)c(CCC(=O)N[C@H](CCCNC(N)=O)C(=O)O)c(C)c3cc2c1-c1ccccc1. The van der Waals surface area contributed by atoms with Crippen molar-refractivity contribution in [3.05, 3.63) is 69.3 Å². The van der Waals surface area contributed by atoms with Gasteiger partial charge in [-0.05, 0) is 57.2 Å². The predicted molar refractivity (Wildman–Crippen MR) is 147 cm³/mol. The van der Waals surface area contributed by atoms with E-state index in [0.717, 1.165) is 27.7 Å². The van der Waals surface area contributed by atoms with Crippen molar-refractivity contribution in [3.8, 4) is 11.1 Å².